The minimum absolute atomic E-state index is 0.218. The number of hydrazine groups is 1. The van der Waals surface area contributed by atoms with Gasteiger partial charge in [0.1, 0.15) is 5.76 Å². The normalized spacial score (nSPS) is 24.4. The first-order valence-electron chi connectivity index (χ1n) is 5.96. The van der Waals surface area contributed by atoms with Gasteiger partial charge in [0.15, 0.2) is 5.76 Å². The van der Waals surface area contributed by atoms with Crippen LogP contribution in [-0.2, 0) is 6.54 Å². The fourth-order valence-electron chi connectivity index (χ4n) is 2.27. The van der Waals surface area contributed by atoms with Gasteiger partial charge in [-0.05, 0) is 26.3 Å². The molecule has 0 spiro atoms. The van der Waals surface area contributed by atoms with E-state index in [0.717, 1.165) is 18.5 Å². The van der Waals surface area contributed by atoms with Crippen molar-refractivity contribution >= 4 is 5.91 Å². The maximum absolute atomic E-state index is 11.3. The predicted molar refractivity (Wildman–Crippen MR) is 65.6 cm³/mol. The molecular formula is C12H19N3O3. The van der Waals surface area contributed by atoms with Crippen LogP contribution in [0.1, 0.15) is 35.2 Å². The fraction of sp³-hybridized carbons (Fsp3) is 0.583. The molecule has 100 valence electrons. The van der Waals surface area contributed by atoms with E-state index in [0.29, 0.717) is 18.8 Å². The number of nitrogens with zero attached hydrogens (tertiary/aromatic N) is 1. The average molecular weight is 253 g/mol. The first-order valence-corrected chi connectivity index (χ1v) is 5.96. The van der Waals surface area contributed by atoms with Gasteiger partial charge in [0.2, 0.25) is 0 Å². The van der Waals surface area contributed by atoms with Gasteiger partial charge in [0.25, 0.3) is 0 Å². The largest absolute Gasteiger partial charge is 0.456 e. The number of hydrogen-bond acceptors (Lipinski definition) is 5. The van der Waals surface area contributed by atoms with Crippen molar-refractivity contribution in [2.75, 3.05) is 13.1 Å². The average Bonchev–Trinajstić information content (AvgIpc) is 2.82. The molecule has 1 unspecified atom stereocenters. The lowest BCUT2D eigenvalue weighted by molar-refractivity contribution is 0.0678. The number of rotatable bonds is 3. The molecule has 1 aliphatic rings. The van der Waals surface area contributed by atoms with Crippen LogP contribution in [0.15, 0.2) is 10.5 Å². The minimum Gasteiger partial charge on any atom is -0.456 e. The number of nitrogens with one attached hydrogen (secondary N) is 1. The number of amides is 1. The molecule has 1 amide bonds. The smallest absolute Gasteiger partial charge is 0.300 e. The van der Waals surface area contributed by atoms with E-state index < -0.39 is 11.5 Å². The molecule has 18 heavy (non-hydrogen) atoms. The summed E-state index contributed by atoms with van der Waals surface area (Å²) in [6, 6.07) is 1.70. The van der Waals surface area contributed by atoms with Crippen molar-refractivity contribution in [3.8, 4) is 0 Å². The molecule has 1 aliphatic heterocycles. The highest BCUT2D eigenvalue weighted by atomic mass is 16.4. The molecule has 2 heterocycles. The molecule has 1 aromatic rings. The zero-order valence-corrected chi connectivity index (χ0v) is 10.7. The van der Waals surface area contributed by atoms with Crippen LogP contribution in [-0.4, -0.2) is 34.6 Å². The number of carbonyl (C=O) groups is 1. The standard InChI is InChI=1S/C12H19N3O3/c1-8-9(5-10(18-8)11(16)14-13)6-15-4-3-12(2,17)7-15/h5,17H,3-4,6-7,13H2,1-2H3,(H,14,16). The van der Waals surface area contributed by atoms with E-state index in [1.54, 1.807) is 6.07 Å². The van der Waals surface area contributed by atoms with Crippen molar-refractivity contribution in [1.82, 2.24) is 10.3 Å². The van der Waals surface area contributed by atoms with Crippen molar-refractivity contribution in [1.29, 1.82) is 0 Å². The molecule has 0 aliphatic carbocycles. The van der Waals surface area contributed by atoms with E-state index in [2.05, 4.69) is 4.90 Å². The van der Waals surface area contributed by atoms with Crippen LogP contribution in [0.2, 0.25) is 0 Å². The summed E-state index contributed by atoms with van der Waals surface area (Å²) in [7, 11) is 0. The number of aryl methyl sites for hydroxylation is 1. The van der Waals surface area contributed by atoms with Crippen LogP contribution >= 0.6 is 0 Å². The van der Waals surface area contributed by atoms with Crippen LogP contribution in [0.4, 0.5) is 0 Å². The summed E-state index contributed by atoms with van der Waals surface area (Å²) in [5.41, 5.74) is 2.38. The van der Waals surface area contributed by atoms with Gasteiger partial charge in [-0.15, -0.1) is 0 Å². The number of furan rings is 1. The second-order valence-electron chi connectivity index (χ2n) is 5.12. The van der Waals surface area contributed by atoms with E-state index in [4.69, 9.17) is 10.3 Å². The quantitative estimate of drug-likeness (QED) is 0.405. The summed E-state index contributed by atoms with van der Waals surface area (Å²) in [6.45, 7) is 5.80. The maximum atomic E-state index is 11.3. The number of β-amino-alcohol motifs (C(OH)–C–C–N with tert-alkyl or cyclic N) is 1. The van der Waals surface area contributed by atoms with Crippen molar-refractivity contribution < 1.29 is 14.3 Å². The Kier molecular flexibility index (Phi) is 3.43. The van der Waals surface area contributed by atoms with Crippen molar-refractivity contribution in [2.45, 2.75) is 32.4 Å². The summed E-state index contributed by atoms with van der Waals surface area (Å²) in [4.78, 5) is 13.5. The van der Waals surface area contributed by atoms with Gasteiger partial charge in [0.05, 0.1) is 5.60 Å². The summed E-state index contributed by atoms with van der Waals surface area (Å²) in [5.74, 6) is 5.55. The Morgan fingerprint density at radius 3 is 3.00 bits per heavy atom. The van der Waals surface area contributed by atoms with Gasteiger partial charge in [0, 0.05) is 25.2 Å². The SMILES string of the molecule is Cc1oc(C(=O)NN)cc1CN1CCC(C)(O)C1. The fourth-order valence-corrected chi connectivity index (χ4v) is 2.27. The van der Waals surface area contributed by atoms with Crippen LogP contribution in [0.25, 0.3) is 0 Å². The van der Waals surface area contributed by atoms with Crippen molar-refractivity contribution in [2.24, 2.45) is 5.84 Å². The zero-order chi connectivity index (χ0) is 13.3. The van der Waals surface area contributed by atoms with Gasteiger partial charge in [-0.3, -0.25) is 15.1 Å². The highest BCUT2D eigenvalue weighted by molar-refractivity contribution is 5.91. The Morgan fingerprint density at radius 2 is 2.44 bits per heavy atom. The zero-order valence-electron chi connectivity index (χ0n) is 10.7. The molecule has 0 aromatic carbocycles. The number of hydrogen-bond donors (Lipinski definition) is 3. The lowest BCUT2D eigenvalue weighted by atomic mass is 10.1. The third kappa shape index (κ3) is 2.72. The number of nitrogen functional groups attached to an aromatic ring is 1. The van der Waals surface area contributed by atoms with E-state index in [1.165, 1.54) is 0 Å². The van der Waals surface area contributed by atoms with Crippen LogP contribution in [0.5, 0.6) is 0 Å². The third-order valence-corrected chi connectivity index (χ3v) is 3.30. The Hall–Kier alpha value is -1.37. The summed E-state index contributed by atoms with van der Waals surface area (Å²) in [5, 5.41) is 9.90. The van der Waals surface area contributed by atoms with E-state index in [9.17, 15) is 9.90 Å². The Bertz CT molecular complexity index is 453. The Balaban J connectivity index is 2.06. The molecular weight excluding hydrogens is 234 g/mol. The van der Waals surface area contributed by atoms with E-state index >= 15 is 0 Å². The minimum atomic E-state index is -0.616. The molecule has 1 fully saturated rings. The summed E-state index contributed by atoms with van der Waals surface area (Å²) < 4.78 is 5.35. The monoisotopic (exact) mass is 253 g/mol. The van der Waals surface area contributed by atoms with Crippen molar-refractivity contribution in [3.63, 3.8) is 0 Å². The Labute approximate surface area is 106 Å². The van der Waals surface area contributed by atoms with Crippen LogP contribution in [0, 0.1) is 6.92 Å². The molecule has 1 saturated heterocycles. The summed E-state index contributed by atoms with van der Waals surface area (Å²) >= 11 is 0. The Morgan fingerprint density at radius 1 is 1.72 bits per heavy atom. The molecule has 4 N–H and O–H groups in total. The van der Waals surface area contributed by atoms with Gasteiger partial charge in [-0.1, -0.05) is 0 Å². The predicted octanol–water partition coefficient (Wildman–Crippen LogP) is 0.148. The second-order valence-corrected chi connectivity index (χ2v) is 5.12. The van der Waals surface area contributed by atoms with Crippen LogP contribution < -0.4 is 11.3 Å². The highest BCUT2D eigenvalue weighted by Gasteiger charge is 2.31. The highest BCUT2D eigenvalue weighted by Crippen LogP contribution is 2.24. The van der Waals surface area contributed by atoms with E-state index in [-0.39, 0.29) is 5.76 Å². The number of carbonyl (C=O) groups excluding carboxylic acids is 1. The molecule has 6 heteroatoms. The molecule has 1 aromatic heterocycles. The maximum Gasteiger partial charge on any atom is 0.300 e. The second kappa shape index (κ2) is 4.72. The molecule has 2 rings (SSSR count). The molecule has 1 atom stereocenters. The number of likely N-dealkylation sites (tertiary alicyclic amines) is 1. The molecule has 6 nitrogen and oxygen atoms in total. The molecule has 0 radical (unpaired) electrons. The molecule has 0 bridgehead atoms. The number of nitrogens with two attached hydrogens (primary N) is 1. The van der Waals surface area contributed by atoms with Crippen molar-refractivity contribution in [3.05, 3.63) is 23.2 Å². The van der Waals surface area contributed by atoms with E-state index in [1.807, 2.05) is 19.3 Å². The van der Waals surface area contributed by atoms with Gasteiger partial charge in [-0.2, -0.15) is 0 Å². The first kappa shape index (κ1) is 13.1. The topological polar surface area (TPSA) is 91.7 Å². The summed E-state index contributed by atoms with van der Waals surface area (Å²) in [6.07, 6.45) is 0.764. The number of aliphatic hydroxyl groups is 1. The lowest BCUT2D eigenvalue weighted by Gasteiger charge is -2.18. The molecule has 0 saturated carbocycles. The van der Waals surface area contributed by atoms with Gasteiger partial charge >= 0.3 is 5.91 Å². The van der Waals surface area contributed by atoms with Gasteiger partial charge in [-0.25, -0.2) is 5.84 Å². The first-order chi connectivity index (χ1) is 8.41. The lowest BCUT2D eigenvalue weighted by Crippen LogP contribution is -2.30. The third-order valence-electron chi connectivity index (χ3n) is 3.30. The van der Waals surface area contributed by atoms with Gasteiger partial charge < -0.3 is 9.52 Å². The van der Waals surface area contributed by atoms with Crippen LogP contribution in [0.3, 0.4) is 0 Å².